The van der Waals surface area contributed by atoms with Crippen molar-refractivity contribution in [1.82, 2.24) is 0 Å². The minimum atomic E-state index is 0.908. The van der Waals surface area contributed by atoms with Gasteiger partial charge in [0.2, 0.25) is 0 Å². The zero-order valence-corrected chi connectivity index (χ0v) is 15.5. The second kappa shape index (κ2) is 5.57. The van der Waals surface area contributed by atoms with Crippen LogP contribution in [0.15, 0.2) is 0 Å². The summed E-state index contributed by atoms with van der Waals surface area (Å²) in [5, 5.41) is 0. The average molecular weight is 291 g/mol. The van der Waals surface area contributed by atoms with E-state index in [9.17, 15) is 0 Å². The zero-order valence-electron chi connectivity index (χ0n) is 15.5. The van der Waals surface area contributed by atoms with Crippen LogP contribution in [0.1, 0.15) is 67.7 Å². The second-order valence-corrected chi connectivity index (χ2v) is 9.43. The molecule has 0 aromatic rings. The molecule has 3 aliphatic carbocycles. The first-order chi connectivity index (χ1) is 9.88. The summed E-state index contributed by atoms with van der Waals surface area (Å²) in [5.74, 6) is 11.2. The first-order valence-corrected chi connectivity index (χ1v) is 9.88. The van der Waals surface area contributed by atoms with Gasteiger partial charge in [0.25, 0.3) is 0 Å². The van der Waals surface area contributed by atoms with E-state index in [1.807, 2.05) is 0 Å². The van der Waals surface area contributed by atoms with Crippen LogP contribution >= 0.6 is 0 Å². The van der Waals surface area contributed by atoms with Gasteiger partial charge in [-0.25, -0.2) is 0 Å². The summed E-state index contributed by atoms with van der Waals surface area (Å²) in [6, 6.07) is 0. The first kappa shape index (κ1) is 15.9. The highest BCUT2D eigenvalue weighted by Crippen LogP contribution is 2.68. The molecule has 0 spiro atoms. The largest absolute Gasteiger partial charge is 0.0651 e. The fourth-order valence-electron chi connectivity index (χ4n) is 7.07. The second-order valence-electron chi connectivity index (χ2n) is 9.43. The van der Waals surface area contributed by atoms with Crippen molar-refractivity contribution in [2.45, 2.75) is 67.7 Å². The van der Waals surface area contributed by atoms with E-state index in [0.717, 1.165) is 65.1 Å². The van der Waals surface area contributed by atoms with Gasteiger partial charge < -0.3 is 0 Å². The van der Waals surface area contributed by atoms with E-state index in [-0.39, 0.29) is 0 Å². The molecule has 0 heterocycles. The van der Waals surface area contributed by atoms with Gasteiger partial charge in [0.05, 0.1) is 0 Å². The van der Waals surface area contributed by atoms with Crippen molar-refractivity contribution in [2.75, 3.05) is 0 Å². The monoisotopic (exact) mass is 290 g/mol. The molecule has 21 heavy (non-hydrogen) atoms. The lowest BCUT2D eigenvalue weighted by molar-refractivity contribution is -0.204. The Morgan fingerprint density at radius 1 is 0.810 bits per heavy atom. The lowest BCUT2D eigenvalue weighted by Crippen LogP contribution is -2.63. The van der Waals surface area contributed by atoms with Gasteiger partial charge in [-0.15, -0.1) is 0 Å². The summed E-state index contributed by atoms with van der Waals surface area (Å²) in [6.07, 6.45) is 4.44. The predicted octanol–water partition coefficient (Wildman–Crippen LogP) is 6.12. The Bertz CT molecular complexity index is 372. The van der Waals surface area contributed by atoms with Crippen molar-refractivity contribution in [3.8, 4) is 0 Å². The number of rotatable bonds is 4. The normalized spacial score (nSPS) is 55.3. The SMILES string of the molecule is CCC(C)C(C)C1CC(C2C(C)C3C(C)C(C)C23)CC1C. The molecule has 0 nitrogen and oxygen atoms in total. The zero-order chi connectivity index (χ0) is 15.5. The molecule has 3 rings (SSSR count). The highest BCUT2D eigenvalue weighted by atomic mass is 14.7. The van der Waals surface area contributed by atoms with Crippen molar-refractivity contribution in [1.29, 1.82) is 0 Å². The van der Waals surface area contributed by atoms with Crippen LogP contribution in [0.2, 0.25) is 0 Å². The Morgan fingerprint density at radius 3 is 2.05 bits per heavy atom. The summed E-state index contributed by atoms with van der Waals surface area (Å²) in [6.45, 7) is 17.5. The number of hydrogen-bond acceptors (Lipinski definition) is 0. The molecular formula is C21H38. The lowest BCUT2D eigenvalue weighted by atomic mass is 9.37. The van der Waals surface area contributed by atoms with Crippen molar-refractivity contribution in [2.24, 2.45) is 65.1 Å². The standard InChI is InChI=1S/C21H38/c1-8-11(2)13(4)18-10-17(9-12(18)3)20-16(7)19-14(5)15(6)21(19)20/h11-21H,8-10H2,1-7H3. The van der Waals surface area contributed by atoms with Crippen molar-refractivity contribution in [3.63, 3.8) is 0 Å². The summed E-state index contributed by atoms with van der Waals surface area (Å²) < 4.78 is 0. The quantitative estimate of drug-likeness (QED) is 0.585. The molecule has 0 bridgehead atoms. The Labute approximate surface area is 133 Å². The minimum absolute atomic E-state index is 0.908. The lowest BCUT2D eigenvalue weighted by Gasteiger charge is -2.68. The molecule has 0 aromatic carbocycles. The summed E-state index contributed by atoms with van der Waals surface area (Å²) in [7, 11) is 0. The van der Waals surface area contributed by atoms with E-state index in [2.05, 4.69) is 48.5 Å². The maximum Gasteiger partial charge on any atom is -0.0318 e. The van der Waals surface area contributed by atoms with Gasteiger partial charge in [-0.1, -0.05) is 54.9 Å². The third-order valence-corrected chi connectivity index (χ3v) is 8.89. The fraction of sp³-hybridized carbons (Fsp3) is 1.00. The number of fused-ring (bicyclic) bond motifs is 1. The summed E-state index contributed by atoms with van der Waals surface area (Å²) in [4.78, 5) is 0. The molecule has 0 amide bonds. The highest BCUT2D eigenvalue weighted by Gasteiger charge is 2.63. The van der Waals surface area contributed by atoms with Gasteiger partial charge in [-0.05, 0) is 77.9 Å². The van der Waals surface area contributed by atoms with Gasteiger partial charge in [0.15, 0.2) is 0 Å². The Hall–Kier alpha value is 0. The van der Waals surface area contributed by atoms with Gasteiger partial charge in [0, 0.05) is 0 Å². The molecule has 3 aliphatic rings. The van der Waals surface area contributed by atoms with Crippen molar-refractivity contribution >= 4 is 0 Å². The Balaban J connectivity index is 1.64. The van der Waals surface area contributed by atoms with Crippen LogP contribution < -0.4 is 0 Å². The Kier molecular flexibility index (Phi) is 4.21. The van der Waals surface area contributed by atoms with E-state index < -0.39 is 0 Å². The molecule has 0 radical (unpaired) electrons. The van der Waals surface area contributed by atoms with Crippen molar-refractivity contribution in [3.05, 3.63) is 0 Å². The molecular weight excluding hydrogens is 252 g/mol. The first-order valence-electron chi connectivity index (χ1n) is 9.88. The van der Waals surface area contributed by atoms with Crippen LogP contribution in [0.5, 0.6) is 0 Å². The third-order valence-electron chi connectivity index (χ3n) is 8.89. The van der Waals surface area contributed by atoms with Crippen LogP contribution in [-0.2, 0) is 0 Å². The van der Waals surface area contributed by atoms with Crippen LogP contribution in [0, 0.1) is 65.1 Å². The molecule has 11 atom stereocenters. The molecule has 0 saturated heterocycles. The average Bonchev–Trinajstić information content (AvgIpc) is 2.83. The topological polar surface area (TPSA) is 0 Å². The van der Waals surface area contributed by atoms with Gasteiger partial charge in [-0.3, -0.25) is 0 Å². The van der Waals surface area contributed by atoms with E-state index in [1.165, 1.54) is 12.8 Å². The fourth-order valence-corrected chi connectivity index (χ4v) is 7.07. The summed E-state index contributed by atoms with van der Waals surface area (Å²) >= 11 is 0. The molecule has 11 unspecified atom stereocenters. The third kappa shape index (κ3) is 2.22. The number of hydrogen-bond donors (Lipinski definition) is 0. The molecule has 0 N–H and O–H groups in total. The predicted molar refractivity (Wildman–Crippen MR) is 92.0 cm³/mol. The maximum absolute atomic E-state index is 2.57. The van der Waals surface area contributed by atoms with E-state index in [0.29, 0.717) is 0 Å². The van der Waals surface area contributed by atoms with E-state index >= 15 is 0 Å². The Morgan fingerprint density at radius 2 is 1.43 bits per heavy atom. The van der Waals surface area contributed by atoms with Crippen LogP contribution in [0.3, 0.4) is 0 Å². The minimum Gasteiger partial charge on any atom is -0.0651 e. The smallest absolute Gasteiger partial charge is 0.0318 e. The van der Waals surface area contributed by atoms with E-state index in [4.69, 9.17) is 0 Å². The maximum atomic E-state index is 2.57. The summed E-state index contributed by atoms with van der Waals surface area (Å²) in [5.41, 5.74) is 0. The van der Waals surface area contributed by atoms with Crippen LogP contribution in [-0.4, -0.2) is 0 Å². The van der Waals surface area contributed by atoms with Crippen LogP contribution in [0.4, 0.5) is 0 Å². The molecule has 3 fully saturated rings. The molecule has 0 aromatic heterocycles. The molecule has 0 aliphatic heterocycles. The highest BCUT2D eigenvalue weighted by molar-refractivity contribution is 5.11. The molecule has 0 heteroatoms. The molecule has 3 saturated carbocycles. The molecule has 122 valence electrons. The van der Waals surface area contributed by atoms with E-state index in [1.54, 1.807) is 6.42 Å². The van der Waals surface area contributed by atoms with Crippen molar-refractivity contribution < 1.29 is 0 Å². The van der Waals surface area contributed by atoms with Crippen LogP contribution in [0.25, 0.3) is 0 Å². The van der Waals surface area contributed by atoms with Gasteiger partial charge >= 0.3 is 0 Å². The van der Waals surface area contributed by atoms with Gasteiger partial charge in [0.1, 0.15) is 0 Å². The van der Waals surface area contributed by atoms with Gasteiger partial charge in [-0.2, -0.15) is 0 Å².